The van der Waals surface area contributed by atoms with Gasteiger partial charge in [0.25, 0.3) is 0 Å². The highest BCUT2D eigenvalue weighted by Crippen LogP contribution is 2.23. The number of para-hydroxylation sites is 1. The largest absolute Gasteiger partial charge is 0.395 e. The lowest BCUT2D eigenvalue weighted by molar-refractivity contribution is 0.300. The summed E-state index contributed by atoms with van der Waals surface area (Å²) in [6.07, 6.45) is 1.85. The zero-order valence-electron chi connectivity index (χ0n) is 9.26. The molecule has 0 saturated heterocycles. The fourth-order valence-electron chi connectivity index (χ4n) is 1.57. The van der Waals surface area contributed by atoms with E-state index >= 15 is 0 Å². The molecule has 0 aliphatic heterocycles. The first-order valence-corrected chi connectivity index (χ1v) is 6.41. The van der Waals surface area contributed by atoms with Crippen LogP contribution in [-0.4, -0.2) is 21.9 Å². The molecule has 84 valence electrons. The Bertz CT molecular complexity index is 467. The molecule has 3 heteroatoms. The van der Waals surface area contributed by atoms with E-state index < -0.39 is 0 Å². The Morgan fingerprint density at radius 3 is 2.94 bits per heavy atom. The monoisotopic (exact) mass is 233 g/mol. The molecule has 0 fully saturated rings. The van der Waals surface area contributed by atoms with Gasteiger partial charge in [-0.15, -0.1) is 0 Å². The predicted octanol–water partition coefficient (Wildman–Crippen LogP) is 2.85. The van der Waals surface area contributed by atoms with Gasteiger partial charge in [0.05, 0.1) is 12.1 Å². The smallest absolute Gasteiger partial charge is 0.0705 e. The van der Waals surface area contributed by atoms with Crippen molar-refractivity contribution < 1.29 is 5.11 Å². The predicted molar refractivity (Wildman–Crippen MR) is 69.6 cm³/mol. The molecule has 2 rings (SSSR count). The molecule has 0 spiro atoms. The average Bonchev–Trinajstić information content (AvgIpc) is 2.35. The number of benzene rings is 1. The number of hydrogen-bond donors (Lipinski definition) is 1. The van der Waals surface area contributed by atoms with Crippen LogP contribution in [-0.2, 0) is 5.75 Å². The number of thioether (sulfide) groups is 1. The maximum absolute atomic E-state index is 8.99. The molecule has 1 atom stereocenters. The summed E-state index contributed by atoms with van der Waals surface area (Å²) in [6.45, 7) is 2.27. The molecule has 0 bridgehead atoms. The second kappa shape index (κ2) is 5.32. The van der Waals surface area contributed by atoms with Crippen molar-refractivity contribution in [2.45, 2.75) is 17.9 Å². The molecule has 0 radical (unpaired) electrons. The number of aliphatic hydroxyl groups is 1. The summed E-state index contributed by atoms with van der Waals surface area (Å²) in [5, 5.41) is 10.5. The Hall–Kier alpha value is -1.06. The number of hydrogen-bond acceptors (Lipinski definition) is 3. The standard InChI is InChI=1S/C13H15NOS/c1-10(8-15)16-9-11-6-7-14-13-5-3-2-4-12(11)13/h2-7,10,15H,8-9H2,1H3. The lowest BCUT2D eigenvalue weighted by Crippen LogP contribution is -2.02. The minimum absolute atomic E-state index is 0.230. The van der Waals surface area contributed by atoms with E-state index in [9.17, 15) is 0 Å². The molecule has 2 aromatic rings. The van der Waals surface area contributed by atoms with Gasteiger partial charge in [-0.25, -0.2) is 0 Å². The Morgan fingerprint density at radius 1 is 1.31 bits per heavy atom. The molecule has 1 aromatic heterocycles. The van der Waals surface area contributed by atoms with Crippen molar-refractivity contribution in [3.8, 4) is 0 Å². The van der Waals surface area contributed by atoms with Crippen molar-refractivity contribution >= 4 is 22.7 Å². The average molecular weight is 233 g/mol. The fraction of sp³-hybridized carbons (Fsp3) is 0.308. The number of fused-ring (bicyclic) bond motifs is 1. The Morgan fingerprint density at radius 2 is 2.12 bits per heavy atom. The van der Waals surface area contributed by atoms with E-state index in [-0.39, 0.29) is 11.9 Å². The van der Waals surface area contributed by atoms with Crippen molar-refractivity contribution in [1.82, 2.24) is 4.98 Å². The van der Waals surface area contributed by atoms with E-state index in [1.807, 2.05) is 31.3 Å². The van der Waals surface area contributed by atoms with Crippen molar-refractivity contribution in [3.05, 3.63) is 42.1 Å². The summed E-state index contributed by atoms with van der Waals surface area (Å²) in [7, 11) is 0. The van der Waals surface area contributed by atoms with Crippen LogP contribution in [0.3, 0.4) is 0 Å². The molecular formula is C13H15NOS. The number of aliphatic hydroxyl groups excluding tert-OH is 1. The molecule has 0 saturated carbocycles. The Balaban J connectivity index is 2.23. The minimum atomic E-state index is 0.230. The highest BCUT2D eigenvalue weighted by molar-refractivity contribution is 7.99. The number of nitrogens with zero attached hydrogens (tertiary/aromatic N) is 1. The van der Waals surface area contributed by atoms with Crippen molar-refractivity contribution in [3.63, 3.8) is 0 Å². The third-order valence-electron chi connectivity index (χ3n) is 2.52. The van der Waals surface area contributed by atoms with Crippen LogP contribution in [0.5, 0.6) is 0 Å². The Labute approximate surface area is 99.7 Å². The van der Waals surface area contributed by atoms with Gasteiger partial charge in [-0.05, 0) is 17.7 Å². The summed E-state index contributed by atoms with van der Waals surface area (Å²) in [6, 6.07) is 10.2. The van der Waals surface area contributed by atoms with E-state index in [2.05, 4.69) is 17.1 Å². The topological polar surface area (TPSA) is 33.1 Å². The maximum atomic E-state index is 8.99. The molecule has 0 amide bonds. The number of aromatic nitrogens is 1. The second-order valence-electron chi connectivity index (χ2n) is 3.79. The summed E-state index contributed by atoms with van der Waals surface area (Å²) < 4.78 is 0. The second-order valence-corrected chi connectivity index (χ2v) is 5.22. The van der Waals surface area contributed by atoms with E-state index in [4.69, 9.17) is 5.11 Å². The molecule has 1 N–H and O–H groups in total. The van der Waals surface area contributed by atoms with Gasteiger partial charge in [-0.3, -0.25) is 4.98 Å². The third kappa shape index (κ3) is 2.54. The van der Waals surface area contributed by atoms with Crippen LogP contribution in [0.25, 0.3) is 10.9 Å². The first-order chi connectivity index (χ1) is 7.81. The van der Waals surface area contributed by atoms with E-state index in [1.54, 1.807) is 11.8 Å². The highest BCUT2D eigenvalue weighted by Gasteiger charge is 2.04. The summed E-state index contributed by atoms with van der Waals surface area (Å²) in [4.78, 5) is 4.33. The van der Waals surface area contributed by atoms with Gasteiger partial charge < -0.3 is 5.11 Å². The third-order valence-corrected chi connectivity index (χ3v) is 3.72. The molecule has 1 unspecified atom stereocenters. The lowest BCUT2D eigenvalue weighted by Gasteiger charge is -2.09. The van der Waals surface area contributed by atoms with Gasteiger partial charge in [-0.1, -0.05) is 25.1 Å². The maximum Gasteiger partial charge on any atom is 0.0705 e. The van der Waals surface area contributed by atoms with Crippen LogP contribution >= 0.6 is 11.8 Å². The lowest BCUT2D eigenvalue weighted by atomic mass is 10.1. The fourth-order valence-corrected chi connectivity index (χ4v) is 2.39. The van der Waals surface area contributed by atoms with Gasteiger partial charge in [0.15, 0.2) is 0 Å². The van der Waals surface area contributed by atoms with Crippen LogP contribution in [0.4, 0.5) is 0 Å². The zero-order chi connectivity index (χ0) is 11.4. The molecule has 1 aromatic carbocycles. The van der Waals surface area contributed by atoms with Crippen molar-refractivity contribution in [1.29, 1.82) is 0 Å². The van der Waals surface area contributed by atoms with Crippen molar-refractivity contribution in [2.24, 2.45) is 0 Å². The molecule has 0 aliphatic carbocycles. The molecular weight excluding hydrogens is 218 g/mol. The molecule has 2 nitrogen and oxygen atoms in total. The first-order valence-electron chi connectivity index (χ1n) is 5.36. The van der Waals surface area contributed by atoms with E-state index in [1.165, 1.54) is 10.9 Å². The zero-order valence-corrected chi connectivity index (χ0v) is 10.1. The van der Waals surface area contributed by atoms with Gasteiger partial charge >= 0.3 is 0 Å². The van der Waals surface area contributed by atoms with Crippen LogP contribution in [0.15, 0.2) is 36.5 Å². The van der Waals surface area contributed by atoms with Gasteiger partial charge in [0.1, 0.15) is 0 Å². The van der Waals surface area contributed by atoms with Crippen molar-refractivity contribution in [2.75, 3.05) is 6.61 Å². The Kier molecular flexibility index (Phi) is 3.80. The summed E-state index contributed by atoms with van der Waals surface area (Å²) in [5.41, 5.74) is 2.33. The normalized spacial score (nSPS) is 12.9. The van der Waals surface area contributed by atoms with Crippen LogP contribution < -0.4 is 0 Å². The van der Waals surface area contributed by atoms with Gasteiger partial charge in [0.2, 0.25) is 0 Å². The van der Waals surface area contributed by atoms with Crippen LogP contribution in [0.2, 0.25) is 0 Å². The minimum Gasteiger partial charge on any atom is -0.395 e. The molecule has 1 heterocycles. The van der Waals surface area contributed by atoms with Crippen LogP contribution in [0, 0.1) is 0 Å². The van der Waals surface area contributed by atoms with E-state index in [0.29, 0.717) is 0 Å². The molecule has 16 heavy (non-hydrogen) atoms. The van der Waals surface area contributed by atoms with Gasteiger partial charge in [0, 0.05) is 22.6 Å². The first kappa shape index (κ1) is 11.4. The summed E-state index contributed by atoms with van der Waals surface area (Å²) >= 11 is 1.77. The van der Waals surface area contributed by atoms with E-state index in [0.717, 1.165) is 11.3 Å². The molecule has 0 aliphatic rings. The number of rotatable bonds is 4. The van der Waals surface area contributed by atoms with Gasteiger partial charge in [-0.2, -0.15) is 11.8 Å². The number of pyridine rings is 1. The van der Waals surface area contributed by atoms with Crippen LogP contribution in [0.1, 0.15) is 12.5 Å². The highest BCUT2D eigenvalue weighted by atomic mass is 32.2. The SMILES string of the molecule is CC(CO)SCc1ccnc2ccccc12. The quantitative estimate of drug-likeness (QED) is 0.881. The summed E-state index contributed by atoms with van der Waals surface area (Å²) in [5.74, 6) is 0.921.